The molecule has 0 aliphatic carbocycles. The zero-order chi connectivity index (χ0) is 25.2. The van der Waals surface area contributed by atoms with Crippen LogP contribution in [0.15, 0.2) is 84.9 Å². The summed E-state index contributed by atoms with van der Waals surface area (Å²) in [5.41, 5.74) is 2.90. The van der Waals surface area contributed by atoms with E-state index in [-0.39, 0.29) is 12.0 Å². The number of carbonyl (C=O) groups excluding carboxylic acids is 2. The molecule has 1 unspecified atom stereocenters. The van der Waals surface area contributed by atoms with Crippen LogP contribution >= 0.6 is 0 Å². The van der Waals surface area contributed by atoms with Crippen molar-refractivity contribution in [2.45, 2.75) is 50.9 Å². The van der Waals surface area contributed by atoms with Crippen molar-refractivity contribution < 1.29 is 14.3 Å². The first kappa shape index (κ1) is 24.1. The van der Waals surface area contributed by atoms with Crippen molar-refractivity contribution >= 4 is 17.7 Å². The summed E-state index contributed by atoms with van der Waals surface area (Å²) >= 11 is 0. The van der Waals surface area contributed by atoms with Crippen molar-refractivity contribution in [1.82, 2.24) is 9.80 Å². The summed E-state index contributed by atoms with van der Waals surface area (Å²) in [4.78, 5) is 29.2. The van der Waals surface area contributed by atoms with E-state index in [1.54, 1.807) is 0 Å². The molecule has 3 aromatic carbocycles. The van der Waals surface area contributed by atoms with Crippen molar-refractivity contribution in [3.05, 3.63) is 102 Å². The molecule has 1 spiro atoms. The molecule has 1 N–H and O–H groups in total. The Morgan fingerprint density at radius 2 is 1.44 bits per heavy atom. The number of rotatable bonds is 6. The normalized spacial score (nSPS) is 21.4. The van der Waals surface area contributed by atoms with Gasteiger partial charge in [-0.15, -0.1) is 0 Å². The summed E-state index contributed by atoms with van der Waals surface area (Å²) in [7, 11) is 0. The zero-order valence-electron chi connectivity index (χ0n) is 20.9. The molecule has 186 valence electrons. The number of carbonyl (C=O) groups is 2. The topological polar surface area (TPSA) is 61.9 Å². The van der Waals surface area contributed by atoms with Crippen LogP contribution in [0.25, 0.3) is 0 Å². The minimum atomic E-state index is -0.611. The van der Waals surface area contributed by atoms with Gasteiger partial charge in [0.05, 0.1) is 6.54 Å². The van der Waals surface area contributed by atoms with Crippen LogP contribution in [0.5, 0.6) is 0 Å². The minimum Gasteiger partial charge on any atom is -0.440 e. The number of anilines is 1. The number of hydrogen-bond donors (Lipinski definition) is 1. The molecule has 2 heterocycles. The smallest absolute Gasteiger partial charge is 0.411 e. The van der Waals surface area contributed by atoms with Gasteiger partial charge in [0.2, 0.25) is 5.91 Å². The maximum Gasteiger partial charge on any atom is 0.411 e. The van der Waals surface area contributed by atoms with Crippen LogP contribution in [0.2, 0.25) is 0 Å². The maximum absolute atomic E-state index is 13.5. The third-order valence-corrected chi connectivity index (χ3v) is 7.79. The van der Waals surface area contributed by atoms with Gasteiger partial charge in [0.25, 0.3) is 0 Å². The fourth-order valence-electron chi connectivity index (χ4n) is 5.74. The van der Waals surface area contributed by atoms with Gasteiger partial charge in [0.1, 0.15) is 11.1 Å². The molecule has 0 aromatic heterocycles. The number of benzene rings is 3. The number of likely N-dealkylation sites (tertiary alicyclic amines) is 1. The van der Waals surface area contributed by atoms with Crippen molar-refractivity contribution in [3.63, 3.8) is 0 Å². The summed E-state index contributed by atoms with van der Waals surface area (Å²) in [5.74, 6) is -0.108. The van der Waals surface area contributed by atoms with Gasteiger partial charge >= 0.3 is 6.09 Å². The van der Waals surface area contributed by atoms with Crippen molar-refractivity contribution in [2.24, 2.45) is 0 Å². The van der Waals surface area contributed by atoms with Gasteiger partial charge < -0.3 is 10.1 Å². The molecule has 2 aliphatic rings. The van der Waals surface area contributed by atoms with E-state index in [9.17, 15) is 9.59 Å². The predicted octanol–water partition coefficient (Wildman–Crippen LogP) is 5.55. The second kappa shape index (κ2) is 9.78. The molecule has 2 amide bonds. The maximum atomic E-state index is 13.5. The quantitative estimate of drug-likeness (QED) is 0.500. The SMILES string of the molecule is CC(=O)Nc1ccc(CN2C(=O)OC3(CCN(Cc4ccccc4)CC3)C2(C)c2ccccc2)cc1. The number of piperidine rings is 1. The molecular weight excluding hydrogens is 450 g/mol. The number of ether oxygens (including phenoxy) is 1. The van der Waals surface area contributed by atoms with Crippen LogP contribution in [-0.2, 0) is 28.2 Å². The van der Waals surface area contributed by atoms with Crippen LogP contribution in [0.3, 0.4) is 0 Å². The lowest BCUT2D eigenvalue weighted by Gasteiger charge is -2.48. The Balaban J connectivity index is 1.41. The molecule has 36 heavy (non-hydrogen) atoms. The van der Waals surface area contributed by atoms with Gasteiger partial charge in [-0.1, -0.05) is 72.8 Å². The molecule has 1 atom stereocenters. The van der Waals surface area contributed by atoms with E-state index < -0.39 is 11.1 Å². The first-order valence-electron chi connectivity index (χ1n) is 12.6. The molecule has 6 nitrogen and oxygen atoms in total. The van der Waals surface area contributed by atoms with Crippen molar-refractivity contribution in [1.29, 1.82) is 0 Å². The molecule has 2 saturated heterocycles. The fourth-order valence-corrected chi connectivity index (χ4v) is 5.74. The molecular formula is C30H33N3O3. The Kier molecular flexibility index (Phi) is 6.54. The average molecular weight is 484 g/mol. The molecule has 3 aromatic rings. The molecule has 2 aliphatic heterocycles. The molecule has 0 radical (unpaired) electrons. The van der Waals surface area contributed by atoms with Crippen LogP contribution in [0.1, 0.15) is 43.4 Å². The van der Waals surface area contributed by atoms with Gasteiger partial charge in [-0.2, -0.15) is 0 Å². The number of nitrogens with one attached hydrogen (secondary N) is 1. The lowest BCUT2D eigenvalue weighted by molar-refractivity contribution is -0.114. The van der Waals surface area contributed by atoms with E-state index in [4.69, 9.17) is 4.74 Å². The highest BCUT2D eigenvalue weighted by atomic mass is 16.6. The van der Waals surface area contributed by atoms with Crippen molar-refractivity contribution in [2.75, 3.05) is 18.4 Å². The largest absolute Gasteiger partial charge is 0.440 e. The third-order valence-electron chi connectivity index (χ3n) is 7.79. The van der Waals surface area contributed by atoms with Gasteiger partial charge in [0, 0.05) is 45.1 Å². The first-order chi connectivity index (χ1) is 17.4. The summed E-state index contributed by atoms with van der Waals surface area (Å²) < 4.78 is 6.32. The highest BCUT2D eigenvalue weighted by molar-refractivity contribution is 5.88. The Hall–Kier alpha value is -3.64. The molecule has 0 saturated carbocycles. The molecule has 2 fully saturated rings. The van der Waals surface area contributed by atoms with E-state index >= 15 is 0 Å². The number of nitrogens with zero attached hydrogens (tertiary/aromatic N) is 2. The second-order valence-electron chi connectivity index (χ2n) is 10.0. The Morgan fingerprint density at radius 1 is 0.861 bits per heavy atom. The number of hydrogen-bond acceptors (Lipinski definition) is 4. The first-order valence-corrected chi connectivity index (χ1v) is 12.6. The van der Waals surface area contributed by atoms with Gasteiger partial charge in [-0.3, -0.25) is 14.6 Å². The standard InChI is InChI=1S/C30H33N3O3/c1-23(34)31-27-15-13-25(14-16-27)22-33-28(35)36-30(29(33,2)26-11-7-4-8-12-26)17-19-32(20-18-30)21-24-9-5-3-6-10-24/h3-16H,17-22H2,1-2H3,(H,31,34). The summed E-state index contributed by atoms with van der Waals surface area (Å²) in [5, 5.41) is 2.80. The monoisotopic (exact) mass is 483 g/mol. The Labute approximate surface area is 212 Å². The third kappa shape index (κ3) is 4.49. The molecule has 6 heteroatoms. The fraction of sp³-hybridized carbons (Fsp3) is 0.333. The van der Waals surface area contributed by atoms with Crippen LogP contribution in [0.4, 0.5) is 10.5 Å². The average Bonchev–Trinajstić information content (AvgIpc) is 3.09. The van der Waals surface area contributed by atoms with Crippen molar-refractivity contribution in [3.8, 4) is 0 Å². The Bertz CT molecular complexity index is 1210. The van der Waals surface area contributed by atoms with E-state index in [1.165, 1.54) is 12.5 Å². The van der Waals surface area contributed by atoms with E-state index in [0.29, 0.717) is 6.54 Å². The van der Waals surface area contributed by atoms with Crippen LogP contribution in [0, 0.1) is 0 Å². The zero-order valence-corrected chi connectivity index (χ0v) is 20.9. The lowest BCUT2D eigenvalue weighted by Crippen LogP contribution is -2.58. The van der Waals surface area contributed by atoms with Crippen LogP contribution < -0.4 is 5.32 Å². The lowest BCUT2D eigenvalue weighted by atomic mass is 9.70. The summed E-state index contributed by atoms with van der Waals surface area (Å²) in [6.45, 7) is 6.71. The van der Waals surface area contributed by atoms with E-state index in [1.807, 2.05) is 53.4 Å². The van der Waals surface area contributed by atoms with Crippen LogP contribution in [-0.4, -0.2) is 40.5 Å². The highest BCUT2D eigenvalue weighted by Crippen LogP contribution is 2.52. The molecule has 5 rings (SSSR count). The highest BCUT2D eigenvalue weighted by Gasteiger charge is 2.63. The number of amides is 2. The molecule has 0 bridgehead atoms. The minimum absolute atomic E-state index is 0.108. The Morgan fingerprint density at radius 3 is 2.06 bits per heavy atom. The van der Waals surface area contributed by atoms with Gasteiger partial charge in [-0.05, 0) is 35.7 Å². The van der Waals surface area contributed by atoms with Gasteiger partial charge in [0.15, 0.2) is 0 Å². The van der Waals surface area contributed by atoms with Gasteiger partial charge in [-0.25, -0.2) is 4.79 Å². The predicted molar refractivity (Wildman–Crippen MR) is 140 cm³/mol. The van der Waals surface area contributed by atoms with E-state index in [0.717, 1.165) is 49.3 Å². The second-order valence-corrected chi connectivity index (χ2v) is 10.0. The summed E-state index contributed by atoms with van der Waals surface area (Å²) in [6, 6.07) is 28.4. The summed E-state index contributed by atoms with van der Waals surface area (Å²) in [6.07, 6.45) is 1.27. The van der Waals surface area contributed by atoms with E-state index in [2.05, 4.69) is 53.5 Å².